The normalized spacial score (nSPS) is 16.6. The Morgan fingerprint density at radius 2 is 2.00 bits per heavy atom. The fraction of sp³-hybridized carbons (Fsp3) is 0.333. The third kappa shape index (κ3) is 2.90. The fourth-order valence-corrected chi connectivity index (χ4v) is 1.53. The van der Waals surface area contributed by atoms with Crippen molar-refractivity contribution in [3.63, 3.8) is 0 Å². The second kappa shape index (κ2) is 5.42. The van der Waals surface area contributed by atoms with E-state index in [0.29, 0.717) is 26.3 Å². The zero-order valence-corrected chi connectivity index (χ0v) is 9.00. The van der Waals surface area contributed by atoms with Crippen LogP contribution in [-0.4, -0.2) is 42.1 Å². The zero-order valence-electron chi connectivity index (χ0n) is 9.00. The topological polar surface area (TPSA) is 42.4 Å². The summed E-state index contributed by atoms with van der Waals surface area (Å²) in [6.45, 7) is 2.63. The number of aromatic nitrogens is 1. The summed E-state index contributed by atoms with van der Waals surface area (Å²) in [7, 11) is 0. The maximum absolute atomic E-state index is 11.7. The van der Waals surface area contributed by atoms with Crippen LogP contribution in [0.1, 0.15) is 5.56 Å². The van der Waals surface area contributed by atoms with Crippen molar-refractivity contribution in [3.8, 4) is 0 Å². The Morgan fingerprint density at radius 3 is 2.69 bits per heavy atom. The van der Waals surface area contributed by atoms with Gasteiger partial charge >= 0.3 is 0 Å². The van der Waals surface area contributed by atoms with Gasteiger partial charge in [0, 0.05) is 31.6 Å². The van der Waals surface area contributed by atoms with E-state index in [4.69, 9.17) is 4.74 Å². The van der Waals surface area contributed by atoms with Crippen molar-refractivity contribution in [2.75, 3.05) is 26.3 Å². The molecule has 0 unspecified atom stereocenters. The monoisotopic (exact) mass is 218 g/mol. The van der Waals surface area contributed by atoms with Crippen LogP contribution in [0.2, 0.25) is 0 Å². The van der Waals surface area contributed by atoms with E-state index in [9.17, 15) is 4.79 Å². The van der Waals surface area contributed by atoms with Gasteiger partial charge in [-0.1, -0.05) is 0 Å². The number of carbonyl (C=O) groups excluding carboxylic acids is 1. The van der Waals surface area contributed by atoms with E-state index in [1.807, 2.05) is 12.1 Å². The third-order valence-electron chi connectivity index (χ3n) is 2.45. The molecule has 1 aliphatic rings. The van der Waals surface area contributed by atoms with Crippen LogP contribution in [0.15, 0.2) is 30.6 Å². The molecule has 4 nitrogen and oxygen atoms in total. The number of hydrogen-bond donors (Lipinski definition) is 0. The van der Waals surface area contributed by atoms with Gasteiger partial charge in [-0.25, -0.2) is 0 Å². The first-order valence-corrected chi connectivity index (χ1v) is 5.31. The number of nitrogens with zero attached hydrogens (tertiary/aromatic N) is 2. The molecule has 1 aromatic rings. The molecule has 0 bridgehead atoms. The number of pyridine rings is 1. The van der Waals surface area contributed by atoms with Gasteiger partial charge in [0.15, 0.2) is 0 Å². The van der Waals surface area contributed by atoms with Gasteiger partial charge in [0.25, 0.3) is 0 Å². The Kier molecular flexibility index (Phi) is 3.66. The standard InChI is InChI=1S/C12H14N2O2/c15-12(14-7-9-16-10-8-14)2-1-11-3-5-13-6-4-11/h1-6H,7-10H2/b2-1+. The second-order valence-electron chi connectivity index (χ2n) is 3.55. The molecule has 1 aliphatic heterocycles. The summed E-state index contributed by atoms with van der Waals surface area (Å²) < 4.78 is 5.19. The second-order valence-corrected chi connectivity index (χ2v) is 3.55. The zero-order chi connectivity index (χ0) is 11.2. The van der Waals surface area contributed by atoms with Gasteiger partial charge < -0.3 is 9.64 Å². The Labute approximate surface area is 94.5 Å². The predicted octanol–water partition coefficient (Wildman–Crippen LogP) is 0.954. The lowest BCUT2D eigenvalue weighted by Gasteiger charge is -2.25. The van der Waals surface area contributed by atoms with Crippen LogP contribution in [0.3, 0.4) is 0 Å². The maximum Gasteiger partial charge on any atom is 0.246 e. The summed E-state index contributed by atoms with van der Waals surface area (Å²) in [6, 6.07) is 3.73. The molecule has 1 fully saturated rings. The Hall–Kier alpha value is -1.68. The summed E-state index contributed by atoms with van der Waals surface area (Å²) in [6.07, 6.45) is 6.82. The summed E-state index contributed by atoms with van der Waals surface area (Å²) in [5.74, 6) is 0.0418. The minimum Gasteiger partial charge on any atom is -0.378 e. The first-order chi connectivity index (χ1) is 7.86. The molecule has 1 amide bonds. The van der Waals surface area contributed by atoms with E-state index in [1.54, 1.807) is 29.4 Å². The van der Waals surface area contributed by atoms with Crippen LogP contribution in [-0.2, 0) is 9.53 Å². The van der Waals surface area contributed by atoms with Crippen molar-refractivity contribution in [3.05, 3.63) is 36.2 Å². The summed E-state index contributed by atoms with van der Waals surface area (Å²) in [5.41, 5.74) is 0.983. The Morgan fingerprint density at radius 1 is 1.31 bits per heavy atom. The molecule has 0 atom stereocenters. The Bertz CT molecular complexity index is 370. The van der Waals surface area contributed by atoms with E-state index in [-0.39, 0.29) is 5.91 Å². The lowest BCUT2D eigenvalue weighted by molar-refractivity contribution is -0.129. The number of hydrogen-bond acceptors (Lipinski definition) is 3. The molecule has 0 radical (unpaired) electrons. The molecule has 0 N–H and O–H groups in total. The van der Waals surface area contributed by atoms with Crippen molar-refractivity contribution < 1.29 is 9.53 Å². The van der Waals surface area contributed by atoms with E-state index < -0.39 is 0 Å². The van der Waals surface area contributed by atoms with E-state index in [0.717, 1.165) is 5.56 Å². The van der Waals surface area contributed by atoms with Crippen molar-refractivity contribution in [1.29, 1.82) is 0 Å². The number of ether oxygens (including phenoxy) is 1. The van der Waals surface area contributed by atoms with Crippen molar-refractivity contribution in [2.24, 2.45) is 0 Å². The molecular formula is C12H14N2O2. The van der Waals surface area contributed by atoms with Crippen molar-refractivity contribution >= 4 is 12.0 Å². The van der Waals surface area contributed by atoms with Gasteiger partial charge in [0.05, 0.1) is 13.2 Å². The van der Waals surface area contributed by atoms with Gasteiger partial charge in [-0.2, -0.15) is 0 Å². The Balaban J connectivity index is 1.93. The maximum atomic E-state index is 11.7. The fourth-order valence-electron chi connectivity index (χ4n) is 1.53. The summed E-state index contributed by atoms with van der Waals surface area (Å²) in [4.78, 5) is 17.4. The van der Waals surface area contributed by atoms with E-state index >= 15 is 0 Å². The van der Waals surface area contributed by atoms with Crippen LogP contribution < -0.4 is 0 Å². The highest BCUT2D eigenvalue weighted by atomic mass is 16.5. The van der Waals surface area contributed by atoms with Crippen LogP contribution in [0.5, 0.6) is 0 Å². The van der Waals surface area contributed by atoms with E-state index in [1.165, 1.54) is 0 Å². The minimum absolute atomic E-state index is 0.0418. The summed E-state index contributed by atoms with van der Waals surface area (Å²) in [5, 5.41) is 0. The molecule has 0 spiro atoms. The van der Waals surface area contributed by atoms with Gasteiger partial charge in [-0.3, -0.25) is 9.78 Å². The summed E-state index contributed by atoms with van der Waals surface area (Å²) >= 11 is 0. The molecule has 0 aromatic carbocycles. The molecule has 0 saturated carbocycles. The number of amides is 1. The smallest absolute Gasteiger partial charge is 0.246 e. The van der Waals surface area contributed by atoms with Crippen LogP contribution in [0.4, 0.5) is 0 Å². The van der Waals surface area contributed by atoms with Crippen LogP contribution >= 0.6 is 0 Å². The largest absolute Gasteiger partial charge is 0.378 e. The lowest BCUT2D eigenvalue weighted by Crippen LogP contribution is -2.39. The quantitative estimate of drug-likeness (QED) is 0.694. The molecule has 2 heterocycles. The number of carbonyl (C=O) groups is 1. The van der Waals surface area contributed by atoms with Gasteiger partial charge in [0.1, 0.15) is 0 Å². The highest BCUT2D eigenvalue weighted by molar-refractivity contribution is 5.91. The minimum atomic E-state index is 0.0418. The first-order valence-electron chi connectivity index (χ1n) is 5.31. The highest BCUT2D eigenvalue weighted by Crippen LogP contribution is 2.02. The molecular weight excluding hydrogens is 204 g/mol. The SMILES string of the molecule is O=C(/C=C/c1ccncc1)N1CCOCC1. The van der Waals surface area contributed by atoms with Gasteiger partial charge in [-0.15, -0.1) is 0 Å². The average Bonchev–Trinajstić information content (AvgIpc) is 2.38. The first kappa shape index (κ1) is 10.8. The number of morpholine rings is 1. The predicted molar refractivity (Wildman–Crippen MR) is 60.7 cm³/mol. The molecule has 1 saturated heterocycles. The third-order valence-corrected chi connectivity index (χ3v) is 2.45. The molecule has 84 valence electrons. The van der Waals surface area contributed by atoms with Crippen LogP contribution in [0, 0.1) is 0 Å². The van der Waals surface area contributed by atoms with E-state index in [2.05, 4.69) is 4.98 Å². The van der Waals surface area contributed by atoms with Gasteiger partial charge in [0.2, 0.25) is 5.91 Å². The van der Waals surface area contributed by atoms with Crippen LogP contribution in [0.25, 0.3) is 6.08 Å². The van der Waals surface area contributed by atoms with Crippen molar-refractivity contribution in [1.82, 2.24) is 9.88 Å². The average molecular weight is 218 g/mol. The molecule has 1 aromatic heterocycles. The molecule has 16 heavy (non-hydrogen) atoms. The molecule has 0 aliphatic carbocycles. The number of rotatable bonds is 2. The van der Waals surface area contributed by atoms with Gasteiger partial charge in [-0.05, 0) is 23.8 Å². The molecule has 4 heteroatoms. The highest BCUT2D eigenvalue weighted by Gasteiger charge is 2.13. The lowest BCUT2D eigenvalue weighted by atomic mass is 10.2. The van der Waals surface area contributed by atoms with Crippen molar-refractivity contribution in [2.45, 2.75) is 0 Å². The molecule has 2 rings (SSSR count).